The number of fused-ring (bicyclic) bond motifs is 1. The van der Waals surface area contributed by atoms with Crippen molar-refractivity contribution in [3.05, 3.63) is 17.7 Å². The van der Waals surface area contributed by atoms with Crippen LogP contribution in [0.5, 0.6) is 0 Å². The number of nitrogens with zero attached hydrogens (tertiary/aromatic N) is 2. The van der Waals surface area contributed by atoms with Gasteiger partial charge < -0.3 is 9.30 Å². The quantitative estimate of drug-likeness (QED) is 0.620. The molecule has 0 spiro atoms. The fraction of sp³-hybridized carbons (Fsp3) is 0.556. The second-order valence-electron chi connectivity index (χ2n) is 3.41. The third kappa shape index (κ3) is 1.39. The molecule has 0 saturated heterocycles. The van der Waals surface area contributed by atoms with Gasteiger partial charge in [0.05, 0.1) is 19.1 Å². The van der Waals surface area contributed by atoms with Crippen molar-refractivity contribution >= 4 is 5.97 Å². The van der Waals surface area contributed by atoms with E-state index in [4.69, 9.17) is 4.74 Å². The largest absolute Gasteiger partial charge is 0.468 e. The zero-order valence-electron chi connectivity index (χ0n) is 8.28. The average molecular weight is 195 g/mol. The lowest BCUT2D eigenvalue weighted by Gasteiger charge is -2.21. The van der Waals surface area contributed by atoms with Crippen LogP contribution in [0, 0.1) is 0 Å². The number of imidazole rings is 1. The Hall–Kier alpha value is -1.36. The van der Waals surface area contributed by atoms with E-state index < -0.39 is 0 Å². The number of esters is 1. The Bertz CT molecular complexity index is 359. The molecule has 1 N–H and O–H groups in total. The van der Waals surface area contributed by atoms with Gasteiger partial charge in [-0.05, 0) is 0 Å². The fourth-order valence-corrected chi connectivity index (χ4v) is 1.71. The molecular formula is C9H13N3O2. The van der Waals surface area contributed by atoms with Gasteiger partial charge in [0.1, 0.15) is 6.04 Å². The van der Waals surface area contributed by atoms with Crippen LogP contribution in [0.15, 0.2) is 6.33 Å². The van der Waals surface area contributed by atoms with Gasteiger partial charge in [0.2, 0.25) is 0 Å². The molecule has 2 heterocycles. The van der Waals surface area contributed by atoms with Crippen LogP contribution in [0.2, 0.25) is 0 Å². The summed E-state index contributed by atoms with van der Waals surface area (Å²) in [7, 11) is 3.34. The molecule has 0 aromatic carbocycles. The number of aryl methyl sites for hydroxylation is 1. The molecule has 0 aliphatic carbocycles. The SMILES string of the molecule is COC(=O)C1Cc2c(ncn2C)CN1. The number of hydrogen-bond acceptors (Lipinski definition) is 4. The molecule has 0 radical (unpaired) electrons. The predicted octanol–water partition coefficient (Wildman–Crippen LogP) is -0.393. The van der Waals surface area contributed by atoms with E-state index in [0.29, 0.717) is 13.0 Å². The molecule has 1 aromatic heterocycles. The van der Waals surface area contributed by atoms with Crippen LogP contribution in [0.1, 0.15) is 11.4 Å². The lowest BCUT2D eigenvalue weighted by molar-refractivity contribution is -0.143. The smallest absolute Gasteiger partial charge is 0.323 e. The van der Waals surface area contributed by atoms with E-state index in [-0.39, 0.29) is 12.0 Å². The van der Waals surface area contributed by atoms with Crippen LogP contribution in [0.4, 0.5) is 0 Å². The van der Waals surface area contributed by atoms with E-state index >= 15 is 0 Å². The van der Waals surface area contributed by atoms with E-state index in [1.807, 2.05) is 11.6 Å². The minimum absolute atomic E-state index is 0.211. The molecule has 14 heavy (non-hydrogen) atoms. The number of methoxy groups -OCH3 is 1. The normalized spacial score (nSPS) is 20.3. The van der Waals surface area contributed by atoms with E-state index in [1.54, 1.807) is 6.33 Å². The molecule has 0 fully saturated rings. The fourth-order valence-electron chi connectivity index (χ4n) is 1.71. The molecule has 1 unspecified atom stereocenters. The Balaban J connectivity index is 2.20. The average Bonchev–Trinajstić information content (AvgIpc) is 2.59. The summed E-state index contributed by atoms with van der Waals surface area (Å²) in [5, 5.41) is 3.09. The number of nitrogens with one attached hydrogen (secondary N) is 1. The molecule has 1 atom stereocenters. The first-order chi connectivity index (χ1) is 6.72. The highest BCUT2D eigenvalue weighted by Crippen LogP contribution is 2.14. The molecule has 5 nitrogen and oxygen atoms in total. The molecule has 1 aromatic rings. The maximum atomic E-state index is 11.3. The van der Waals surface area contributed by atoms with Gasteiger partial charge in [-0.15, -0.1) is 0 Å². The minimum Gasteiger partial charge on any atom is -0.468 e. The zero-order chi connectivity index (χ0) is 10.1. The van der Waals surface area contributed by atoms with Crippen LogP contribution < -0.4 is 5.32 Å². The molecular weight excluding hydrogens is 182 g/mol. The van der Waals surface area contributed by atoms with Crippen LogP contribution in [0.3, 0.4) is 0 Å². The third-order valence-corrected chi connectivity index (χ3v) is 2.54. The Labute approximate surface area is 82.1 Å². The first kappa shape index (κ1) is 9.21. The molecule has 76 valence electrons. The summed E-state index contributed by atoms with van der Waals surface area (Å²) < 4.78 is 6.64. The third-order valence-electron chi connectivity index (χ3n) is 2.54. The van der Waals surface area contributed by atoms with Crippen LogP contribution in [-0.2, 0) is 29.5 Å². The molecule has 0 saturated carbocycles. The van der Waals surface area contributed by atoms with Gasteiger partial charge in [-0.2, -0.15) is 0 Å². The number of hydrogen-bond donors (Lipinski definition) is 1. The van der Waals surface area contributed by atoms with Crippen LogP contribution >= 0.6 is 0 Å². The van der Waals surface area contributed by atoms with Gasteiger partial charge in [-0.25, -0.2) is 4.98 Å². The molecule has 1 aliphatic rings. The van der Waals surface area contributed by atoms with Crippen molar-refractivity contribution in [2.45, 2.75) is 19.0 Å². The Morgan fingerprint density at radius 3 is 3.29 bits per heavy atom. The van der Waals surface area contributed by atoms with Gasteiger partial charge in [0.25, 0.3) is 0 Å². The Kier molecular flexibility index (Phi) is 2.25. The van der Waals surface area contributed by atoms with Gasteiger partial charge in [-0.1, -0.05) is 0 Å². The van der Waals surface area contributed by atoms with Crippen molar-refractivity contribution in [3.8, 4) is 0 Å². The van der Waals surface area contributed by atoms with Crippen molar-refractivity contribution < 1.29 is 9.53 Å². The molecule has 0 amide bonds. The van der Waals surface area contributed by atoms with Crippen molar-refractivity contribution in [2.75, 3.05) is 7.11 Å². The van der Waals surface area contributed by atoms with Gasteiger partial charge in [0.15, 0.2) is 0 Å². The number of aromatic nitrogens is 2. The van der Waals surface area contributed by atoms with Crippen molar-refractivity contribution in [1.82, 2.24) is 14.9 Å². The Morgan fingerprint density at radius 2 is 2.57 bits per heavy atom. The summed E-state index contributed by atoms with van der Waals surface area (Å²) in [6.07, 6.45) is 2.42. The summed E-state index contributed by atoms with van der Waals surface area (Å²) in [6, 6.07) is -0.233. The van der Waals surface area contributed by atoms with E-state index in [9.17, 15) is 4.79 Å². The van der Waals surface area contributed by atoms with Crippen molar-refractivity contribution in [1.29, 1.82) is 0 Å². The second kappa shape index (κ2) is 3.42. The molecule has 0 bridgehead atoms. The molecule has 1 aliphatic heterocycles. The summed E-state index contributed by atoms with van der Waals surface area (Å²) in [6.45, 7) is 0.635. The summed E-state index contributed by atoms with van der Waals surface area (Å²) in [5.74, 6) is -0.211. The Morgan fingerprint density at radius 1 is 1.79 bits per heavy atom. The highest BCUT2D eigenvalue weighted by Gasteiger charge is 2.27. The van der Waals surface area contributed by atoms with Gasteiger partial charge in [-0.3, -0.25) is 10.1 Å². The monoisotopic (exact) mass is 195 g/mol. The highest BCUT2D eigenvalue weighted by molar-refractivity contribution is 5.76. The van der Waals surface area contributed by atoms with E-state index in [1.165, 1.54) is 7.11 Å². The maximum Gasteiger partial charge on any atom is 0.323 e. The molecule has 5 heteroatoms. The first-order valence-electron chi connectivity index (χ1n) is 4.52. The number of carbonyl (C=O) groups excluding carboxylic acids is 1. The van der Waals surface area contributed by atoms with E-state index in [2.05, 4.69) is 10.3 Å². The highest BCUT2D eigenvalue weighted by atomic mass is 16.5. The number of carbonyl (C=O) groups is 1. The summed E-state index contributed by atoms with van der Waals surface area (Å²) >= 11 is 0. The minimum atomic E-state index is -0.233. The van der Waals surface area contributed by atoms with Gasteiger partial charge in [0, 0.05) is 25.7 Å². The van der Waals surface area contributed by atoms with Crippen molar-refractivity contribution in [3.63, 3.8) is 0 Å². The van der Waals surface area contributed by atoms with Crippen molar-refractivity contribution in [2.24, 2.45) is 7.05 Å². The van der Waals surface area contributed by atoms with Gasteiger partial charge >= 0.3 is 5.97 Å². The lowest BCUT2D eigenvalue weighted by Crippen LogP contribution is -2.42. The first-order valence-corrected chi connectivity index (χ1v) is 4.52. The zero-order valence-corrected chi connectivity index (χ0v) is 8.28. The number of ether oxygens (including phenoxy) is 1. The number of rotatable bonds is 1. The second-order valence-corrected chi connectivity index (χ2v) is 3.41. The van der Waals surface area contributed by atoms with Crippen LogP contribution in [-0.4, -0.2) is 28.7 Å². The predicted molar refractivity (Wildman–Crippen MR) is 49.6 cm³/mol. The van der Waals surface area contributed by atoms with E-state index in [0.717, 1.165) is 11.4 Å². The summed E-state index contributed by atoms with van der Waals surface area (Å²) in [4.78, 5) is 15.5. The summed E-state index contributed by atoms with van der Waals surface area (Å²) in [5.41, 5.74) is 2.13. The van der Waals surface area contributed by atoms with Crippen LogP contribution in [0.25, 0.3) is 0 Å². The molecule has 2 rings (SSSR count). The lowest BCUT2D eigenvalue weighted by atomic mass is 10.1. The maximum absolute atomic E-state index is 11.3. The standard InChI is InChI=1S/C9H13N3O2/c1-12-5-11-7-4-10-6(3-8(7)12)9(13)14-2/h5-6,10H,3-4H2,1-2H3. The topological polar surface area (TPSA) is 56.1 Å².